The molecule has 0 aromatic carbocycles. The number of rotatable bonds is 8. The first-order valence-electron chi connectivity index (χ1n) is 12.6. The van der Waals surface area contributed by atoms with Crippen molar-refractivity contribution < 1.29 is 4.79 Å². The van der Waals surface area contributed by atoms with Gasteiger partial charge in [0.05, 0.1) is 11.9 Å². The summed E-state index contributed by atoms with van der Waals surface area (Å²) in [6.45, 7) is 13.6. The molecule has 3 aliphatic rings. The molecular weight excluding hydrogens is 508 g/mol. The molecule has 192 valence electrons. The van der Waals surface area contributed by atoms with Crippen molar-refractivity contribution in [2.45, 2.75) is 60.0 Å². The molecule has 3 fully saturated rings. The first-order valence-corrected chi connectivity index (χ1v) is 13.4. The fraction of sp³-hybridized carbons (Fsp3) is 0.615. The van der Waals surface area contributed by atoms with Gasteiger partial charge < -0.3 is 16.0 Å². The summed E-state index contributed by atoms with van der Waals surface area (Å²) >= 11 is 3.06. The number of halogens is 1. The van der Waals surface area contributed by atoms with Crippen molar-refractivity contribution in [3.63, 3.8) is 0 Å². The highest BCUT2D eigenvalue weighted by atomic mass is 79.9. The van der Waals surface area contributed by atoms with Gasteiger partial charge in [-0.2, -0.15) is 5.10 Å². The van der Waals surface area contributed by atoms with Gasteiger partial charge in [0.15, 0.2) is 0 Å². The first kappa shape index (κ1) is 27.3. The van der Waals surface area contributed by atoms with Crippen LogP contribution < -0.4 is 16.6 Å². The lowest BCUT2D eigenvalue weighted by atomic mass is 9.45. The minimum atomic E-state index is -0.441. The highest BCUT2D eigenvalue weighted by Crippen LogP contribution is 2.61. The van der Waals surface area contributed by atoms with Gasteiger partial charge in [-0.3, -0.25) is 14.6 Å². The van der Waals surface area contributed by atoms with Crippen molar-refractivity contribution in [3.8, 4) is 0 Å². The summed E-state index contributed by atoms with van der Waals surface area (Å²) in [5.41, 5.74) is 6.91. The summed E-state index contributed by atoms with van der Waals surface area (Å²) in [5.74, 6) is 2.75. The summed E-state index contributed by atoms with van der Waals surface area (Å²) in [7, 11) is 0. The van der Waals surface area contributed by atoms with Gasteiger partial charge >= 0.3 is 0 Å². The van der Waals surface area contributed by atoms with Crippen LogP contribution in [0.3, 0.4) is 0 Å². The lowest BCUT2D eigenvalue weighted by Crippen LogP contribution is -2.54. The third-order valence-electron chi connectivity index (χ3n) is 7.93. The predicted molar refractivity (Wildman–Crippen MR) is 143 cm³/mol. The Labute approximate surface area is 216 Å². The van der Waals surface area contributed by atoms with E-state index in [1.807, 2.05) is 0 Å². The van der Waals surface area contributed by atoms with Crippen molar-refractivity contribution in [2.24, 2.45) is 23.2 Å². The molecule has 2 aromatic heterocycles. The molecule has 0 aliphatic heterocycles. The molecule has 3 aliphatic carbocycles. The van der Waals surface area contributed by atoms with Crippen LogP contribution in [0, 0.1) is 23.2 Å². The molecule has 9 heteroatoms. The highest BCUT2D eigenvalue weighted by Gasteiger charge is 2.54. The minimum absolute atomic E-state index is 0.164. The van der Waals surface area contributed by atoms with Crippen LogP contribution in [0.15, 0.2) is 40.0 Å². The molecule has 8 nitrogen and oxygen atoms in total. The Morgan fingerprint density at radius 1 is 1.26 bits per heavy atom. The SMILES string of the molecule is CCN(CC)CC1CC[C@@H]2C[C@H]1C2(C)C.Nc1cnn(CC(=O)NCc2ccncc2)c(=O)c1Br. The molecule has 0 spiro atoms. The number of fused-ring (bicyclic) bond motifs is 2. The van der Waals surface area contributed by atoms with Gasteiger partial charge in [0.25, 0.3) is 5.56 Å². The van der Waals surface area contributed by atoms with E-state index in [0.717, 1.165) is 28.0 Å². The third-order valence-corrected chi connectivity index (χ3v) is 8.73. The van der Waals surface area contributed by atoms with Crippen molar-refractivity contribution >= 4 is 27.5 Å². The maximum atomic E-state index is 11.8. The third kappa shape index (κ3) is 6.70. The molecule has 3 N–H and O–H groups in total. The smallest absolute Gasteiger partial charge is 0.283 e. The number of nitrogen functional groups attached to an aromatic ring is 1. The number of pyridine rings is 1. The minimum Gasteiger partial charge on any atom is -0.396 e. The number of nitrogens with one attached hydrogen (secondary N) is 1. The molecule has 2 bridgehead atoms. The van der Waals surface area contributed by atoms with E-state index in [0.29, 0.717) is 12.0 Å². The van der Waals surface area contributed by atoms with E-state index in [9.17, 15) is 9.59 Å². The number of nitrogens with zero attached hydrogens (tertiary/aromatic N) is 4. The van der Waals surface area contributed by atoms with Crippen molar-refractivity contribution in [1.29, 1.82) is 0 Å². The van der Waals surface area contributed by atoms with E-state index in [1.165, 1.54) is 45.1 Å². The molecule has 2 heterocycles. The highest BCUT2D eigenvalue weighted by molar-refractivity contribution is 9.10. The summed E-state index contributed by atoms with van der Waals surface area (Å²) in [4.78, 5) is 30.0. The van der Waals surface area contributed by atoms with Crippen LogP contribution in [-0.4, -0.2) is 45.2 Å². The molecule has 3 saturated carbocycles. The van der Waals surface area contributed by atoms with Crippen LogP contribution in [-0.2, 0) is 17.9 Å². The maximum Gasteiger partial charge on any atom is 0.283 e. The zero-order valence-corrected chi connectivity index (χ0v) is 22.9. The number of amides is 1. The van der Waals surface area contributed by atoms with Gasteiger partial charge in [-0.05, 0) is 89.1 Å². The van der Waals surface area contributed by atoms with E-state index < -0.39 is 5.56 Å². The van der Waals surface area contributed by atoms with Crippen LogP contribution in [0.1, 0.15) is 52.5 Å². The molecular formula is C26H39BrN6O2. The van der Waals surface area contributed by atoms with E-state index in [-0.39, 0.29) is 22.6 Å². The van der Waals surface area contributed by atoms with Crippen LogP contribution in [0.2, 0.25) is 0 Å². The average molecular weight is 548 g/mol. The summed E-state index contributed by atoms with van der Waals surface area (Å²) in [6.07, 6.45) is 9.13. The van der Waals surface area contributed by atoms with E-state index in [2.05, 4.69) is 63.9 Å². The Morgan fingerprint density at radius 3 is 2.54 bits per heavy atom. The number of carbonyl (C=O) groups excluding carboxylic acids is 1. The topological polar surface area (TPSA) is 106 Å². The summed E-state index contributed by atoms with van der Waals surface area (Å²) < 4.78 is 1.25. The van der Waals surface area contributed by atoms with Crippen LogP contribution in [0.4, 0.5) is 5.69 Å². The predicted octanol–water partition coefficient (Wildman–Crippen LogP) is 3.70. The van der Waals surface area contributed by atoms with Gasteiger partial charge in [-0.1, -0.05) is 27.7 Å². The van der Waals surface area contributed by atoms with E-state index in [1.54, 1.807) is 24.5 Å². The van der Waals surface area contributed by atoms with Gasteiger partial charge in [0.2, 0.25) is 5.91 Å². The lowest BCUT2D eigenvalue weighted by molar-refractivity contribution is -0.122. The van der Waals surface area contributed by atoms with Gasteiger partial charge in [-0.25, -0.2) is 4.68 Å². The van der Waals surface area contributed by atoms with Crippen LogP contribution >= 0.6 is 15.9 Å². The number of hydrogen-bond acceptors (Lipinski definition) is 6. The van der Waals surface area contributed by atoms with Crippen molar-refractivity contribution in [3.05, 3.63) is 51.1 Å². The molecule has 0 saturated heterocycles. The lowest BCUT2D eigenvalue weighted by Gasteiger charge is -2.60. The number of anilines is 1. The second-order valence-electron chi connectivity index (χ2n) is 10.2. The Hall–Kier alpha value is -2.26. The fourth-order valence-corrected chi connectivity index (χ4v) is 5.79. The molecule has 35 heavy (non-hydrogen) atoms. The second kappa shape index (κ2) is 12.1. The van der Waals surface area contributed by atoms with E-state index >= 15 is 0 Å². The Morgan fingerprint density at radius 2 is 1.94 bits per heavy atom. The standard InChI is InChI=1S/C14H27N.C12H12BrN5O2/c1-5-15(6-2)10-11-7-8-12-9-13(11)14(12,3)4;13-11-9(14)6-17-18(12(11)20)7-10(19)16-5-8-1-3-15-4-2-8/h11-13H,5-10H2,1-4H3;1-4,6H,5,7,14H2,(H,16,19)/t11?,12-,13-;/m1./s1. The van der Waals surface area contributed by atoms with Gasteiger partial charge in [0, 0.05) is 25.5 Å². The Kier molecular flexibility index (Phi) is 9.47. The molecule has 1 unspecified atom stereocenters. The fourth-order valence-electron chi connectivity index (χ4n) is 5.48. The van der Waals surface area contributed by atoms with Crippen LogP contribution in [0.25, 0.3) is 0 Å². The van der Waals surface area contributed by atoms with Crippen molar-refractivity contribution in [2.75, 3.05) is 25.4 Å². The van der Waals surface area contributed by atoms with Crippen LogP contribution in [0.5, 0.6) is 0 Å². The first-order chi connectivity index (χ1) is 16.7. The largest absolute Gasteiger partial charge is 0.396 e. The Bertz CT molecular complexity index is 1040. The number of nitrogens with two attached hydrogens (primary N) is 1. The molecule has 1 amide bonds. The quantitative estimate of drug-likeness (QED) is 0.522. The van der Waals surface area contributed by atoms with Gasteiger partial charge in [0.1, 0.15) is 11.0 Å². The Balaban J connectivity index is 0.000000203. The summed E-state index contributed by atoms with van der Waals surface area (Å²) in [5, 5.41) is 6.51. The zero-order chi connectivity index (χ0) is 25.6. The second-order valence-corrected chi connectivity index (χ2v) is 11.0. The normalized spacial score (nSPS) is 22.1. The zero-order valence-electron chi connectivity index (χ0n) is 21.3. The monoisotopic (exact) mass is 546 g/mol. The number of aromatic nitrogens is 3. The van der Waals surface area contributed by atoms with Gasteiger partial charge in [-0.15, -0.1) is 0 Å². The average Bonchev–Trinajstić information content (AvgIpc) is 2.87. The summed E-state index contributed by atoms with van der Waals surface area (Å²) in [6, 6.07) is 3.59. The molecule has 2 aromatic rings. The van der Waals surface area contributed by atoms with E-state index in [4.69, 9.17) is 5.73 Å². The molecule has 5 rings (SSSR count). The molecule has 0 radical (unpaired) electrons. The number of hydrogen-bond donors (Lipinski definition) is 2. The maximum absolute atomic E-state index is 11.8. The van der Waals surface area contributed by atoms with Crippen molar-refractivity contribution in [1.82, 2.24) is 25.0 Å². The number of carbonyl (C=O) groups is 1. The molecule has 3 atom stereocenters.